The predicted octanol–water partition coefficient (Wildman–Crippen LogP) is 2.79. The van der Waals surface area contributed by atoms with Crippen LogP contribution >= 0.6 is 0 Å². The van der Waals surface area contributed by atoms with Gasteiger partial charge in [0.25, 0.3) is 0 Å². The largest absolute Gasteiger partial charge is 0.340 e. The molecule has 4 nitrogen and oxygen atoms in total. The van der Waals surface area contributed by atoms with E-state index in [2.05, 4.69) is 36.1 Å². The molecule has 0 aromatic heterocycles. The Labute approximate surface area is 150 Å². The van der Waals surface area contributed by atoms with E-state index in [1.165, 1.54) is 24.0 Å². The molecule has 5 rings (SSSR count). The molecule has 134 valence electrons. The lowest BCUT2D eigenvalue weighted by Crippen LogP contribution is -2.48. The molecule has 2 amide bonds. The number of nitrogens with zero attached hydrogens (tertiary/aromatic N) is 2. The highest BCUT2D eigenvalue weighted by molar-refractivity contribution is 5.83. The third-order valence-electron chi connectivity index (χ3n) is 6.05. The van der Waals surface area contributed by atoms with Crippen molar-refractivity contribution in [1.82, 2.24) is 9.80 Å². The van der Waals surface area contributed by atoms with Crippen LogP contribution in [0.5, 0.6) is 0 Å². The molecular weight excluding hydrogens is 312 g/mol. The average Bonchev–Trinajstić information content (AvgIpc) is 3.44. The summed E-state index contributed by atoms with van der Waals surface area (Å²) < 4.78 is 0. The first-order valence-corrected chi connectivity index (χ1v) is 9.74. The van der Waals surface area contributed by atoms with Crippen LogP contribution in [-0.2, 0) is 16.0 Å². The number of benzene rings is 1. The third-order valence-corrected chi connectivity index (χ3v) is 6.05. The summed E-state index contributed by atoms with van der Waals surface area (Å²) in [6.45, 7) is 4.36. The maximum Gasteiger partial charge on any atom is 0.227 e. The first-order valence-electron chi connectivity index (χ1n) is 9.74. The van der Waals surface area contributed by atoms with E-state index in [1.54, 1.807) is 0 Å². The van der Waals surface area contributed by atoms with Gasteiger partial charge in [0.15, 0.2) is 0 Å². The van der Waals surface area contributed by atoms with Crippen LogP contribution in [0.1, 0.15) is 43.2 Å². The zero-order valence-corrected chi connectivity index (χ0v) is 15.1. The van der Waals surface area contributed by atoms with Gasteiger partial charge in [-0.1, -0.05) is 29.8 Å². The van der Waals surface area contributed by atoms with Gasteiger partial charge in [0.1, 0.15) is 0 Å². The molecule has 4 aliphatic rings. The van der Waals surface area contributed by atoms with Crippen molar-refractivity contribution in [3.8, 4) is 0 Å². The van der Waals surface area contributed by atoms with E-state index >= 15 is 0 Å². The molecule has 4 heteroatoms. The summed E-state index contributed by atoms with van der Waals surface area (Å²) in [5.41, 5.74) is 2.46. The number of carbonyl (C=O) groups is 2. The lowest BCUT2D eigenvalue weighted by atomic mass is 9.94. The fourth-order valence-corrected chi connectivity index (χ4v) is 4.23. The number of rotatable bonds is 5. The number of piperidine rings is 1. The molecule has 0 radical (unpaired) electrons. The molecule has 2 bridgehead atoms. The second kappa shape index (κ2) is 6.81. The van der Waals surface area contributed by atoms with Gasteiger partial charge in [-0.15, -0.1) is 0 Å². The molecular formula is C21H28N2O2. The molecule has 0 unspecified atom stereocenters. The molecule has 4 fully saturated rings. The monoisotopic (exact) mass is 340 g/mol. The maximum absolute atomic E-state index is 12.8. The summed E-state index contributed by atoms with van der Waals surface area (Å²) >= 11 is 0. The summed E-state index contributed by atoms with van der Waals surface area (Å²) in [5.74, 6) is 1.25. The van der Waals surface area contributed by atoms with E-state index in [0.29, 0.717) is 24.8 Å². The lowest BCUT2D eigenvalue weighted by molar-refractivity contribution is -0.140. The Balaban J connectivity index is 1.38. The molecule has 1 saturated carbocycles. The maximum atomic E-state index is 12.8. The number of aryl methyl sites for hydroxylation is 2. The minimum atomic E-state index is 0.0285. The summed E-state index contributed by atoms with van der Waals surface area (Å²) in [6.07, 6.45) is 5.86. The minimum absolute atomic E-state index is 0.0285. The summed E-state index contributed by atoms with van der Waals surface area (Å²) in [7, 11) is 0. The number of hydrogen-bond acceptors (Lipinski definition) is 2. The summed E-state index contributed by atoms with van der Waals surface area (Å²) in [5, 5.41) is 0. The average molecular weight is 340 g/mol. The van der Waals surface area contributed by atoms with Crippen molar-refractivity contribution in [2.75, 3.05) is 19.6 Å². The zero-order valence-electron chi connectivity index (χ0n) is 15.1. The van der Waals surface area contributed by atoms with Gasteiger partial charge in [-0.25, -0.2) is 0 Å². The second-order valence-electron chi connectivity index (χ2n) is 8.15. The zero-order chi connectivity index (χ0) is 17.4. The summed E-state index contributed by atoms with van der Waals surface area (Å²) in [4.78, 5) is 29.6. The van der Waals surface area contributed by atoms with Gasteiger partial charge in [0, 0.05) is 32.1 Å². The van der Waals surface area contributed by atoms with Crippen molar-refractivity contribution >= 4 is 11.8 Å². The molecule has 3 heterocycles. The van der Waals surface area contributed by atoms with Crippen LogP contribution in [0.4, 0.5) is 0 Å². The van der Waals surface area contributed by atoms with Gasteiger partial charge < -0.3 is 9.80 Å². The fraction of sp³-hybridized carbons (Fsp3) is 0.619. The number of amides is 2. The Kier molecular flexibility index (Phi) is 4.53. The van der Waals surface area contributed by atoms with Crippen LogP contribution in [0, 0.1) is 18.8 Å². The quantitative estimate of drug-likeness (QED) is 0.827. The van der Waals surface area contributed by atoms with E-state index in [-0.39, 0.29) is 17.9 Å². The Hall–Kier alpha value is -1.84. The van der Waals surface area contributed by atoms with Crippen LogP contribution in [0.2, 0.25) is 0 Å². The molecule has 1 aliphatic carbocycles. The van der Waals surface area contributed by atoms with E-state index < -0.39 is 0 Å². The van der Waals surface area contributed by atoms with Crippen LogP contribution in [-0.4, -0.2) is 47.3 Å². The smallest absolute Gasteiger partial charge is 0.227 e. The molecule has 1 aromatic rings. The SMILES string of the molecule is Cc1ccc(CCC(=O)N2C[C@@H]3CC[C@H](C2)N(CC2CC2)C3=O)cc1. The highest BCUT2D eigenvalue weighted by Crippen LogP contribution is 2.35. The van der Waals surface area contributed by atoms with Crippen molar-refractivity contribution in [2.24, 2.45) is 11.8 Å². The number of hydrogen-bond donors (Lipinski definition) is 0. The van der Waals surface area contributed by atoms with Crippen LogP contribution in [0.3, 0.4) is 0 Å². The fourth-order valence-electron chi connectivity index (χ4n) is 4.23. The molecule has 3 saturated heterocycles. The van der Waals surface area contributed by atoms with Crippen LogP contribution in [0.25, 0.3) is 0 Å². The van der Waals surface area contributed by atoms with Gasteiger partial charge in [-0.2, -0.15) is 0 Å². The normalized spacial score (nSPS) is 26.0. The van der Waals surface area contributed by atoms with Crippen molar-refractivity contribution in [2.45, 2.75) is 51.5 Å². The van der Waals surface area contributed by atoms with Gasteiger partial charge >= 0.3 is 0 Å². The standard InChI is InChI=1S/C21H28N2O2/c1-15-2-4-16(5-3-15)8-11-20(24)22-13-18-9-10-19(14-22)23(21(18)25)12-17-6-7-17/h2-5,17-19H,6-14H2,1H3/t18-,19+/m0/s1. The Morgan fingerprint density at radius 3 is 2.56 bits per heavy atom. The molecule has 25 heavy (non-hydrogen) atoms. The van der Waals surface area contributed by atoms with E-state index in [1.807, 2.05) is 4.90 Å². The van der Waals surface area contributed by atoms with E-state index in [9.17, 15) is 9.59 Å². The van der Waals surface area contributed by atoms with Crippen molar-refractivity contribution in [3.05, 3.63) is 35.4 Å². The van der Waals surface area contributed by atoms with Gasteiger partial charge in [-0.3, -0.25) is 9.59 Å². The second-order valence-corrected chi connectivity index (χ2v) is 8.15. The topological polar surface area (TPSA) is 40.6 Å². The van der Waals surface area contributed by atoms with Gasteiger partial charge in [0.05, 0.1) is 5.92 Å². The van der Waals surface area contributed by atoms with Gasteiger partial charge in [0.2, 0.25) is 11.8 Å². The lowest BCUT2D eigenvalue weighted by Gasteiger charge is -2.36. The van der Waals surface area contributed by atoms with Crippen molar-refractivity contribution in [3.63, 3.8) is 0 Å². The minimum Gasteiger partial charge on any atom is -0.340 e. The molecule has 2 atom stereocenters. The Morgan fingerprint density at radius 1 is 1.08 bits per heavy atom. The van der Waals surface area contributed by atoms with Crippen LogP contribution in [0.15, 0.2) is 24.3 Å². The molecule has 3 aliphatic heterocycles. The van der Waals surface area contributed by atoms with E-state index in [4.69, 9.17) is 0 Å². The molecule has 0 N–H and O–H groups in total. The van der Waals surface area contributed by atoms with Crippen molar-refractivity contribution in [1.29, 1.82) is 0 Å². The summed E-state index contributed by atoms with van der Waals surface area (Å²) in [6, 6.07) is 8.65. The molecule has 1 aromatic carbocycles. The van der Waals surface area contributed by atoms with Gasteiger partial charge in [-0.05, 0) is 50.5 Å². The first kappa shape index (κ1) is 16.6. The predicted molar refractivity (Wildman–Crippen MR) is 97.0 cm³/mol. The van der Waals surface area contributed by atoms with Crippen LogP contribution < -0.4 is 0 Å². The number of fused-ring (bicyclic) bond motifs is 4. The highest BCUT2D eigenvalue weighted by Gasteiger charge is 2.43. The third kappa shape index (κ3) is 3.73. The molecule has 0 spiro atoms. The van der Waals surface area contributed by atoms with E-state index in [0.717, 1.165) is 32.4 Å². The van der Waals surface area contributed by atoms with Crippen molar-refractivity contribution < 1.29 is 9.59 Å². The highest BCUT2D eigenvalue weighted by atomic mass is 16.2. The Bertz CT molecular complexity index is 650. The Morgan fingerprint density at radius 2 is 1.84 bits per heavy atom. The first-order chi connectivity index (χ1) is 12.1. The number of carbonyl (C=O) groups excluding carboxylic acids is 2.